The molecule has 1 aliphatic heterocycles. The molecule has 1 N–H and O–H groups in total. The highest BCUT2D eigenvalue weighted by Gasteiger charge is 2.19. The van der Waals surface area contributed by atoms with Crippen LogP contribution in [0.25, 0.3) is 0 Å². The van der Waals surface area contributed by atoms with Gasteiger partial charge in [-0.25, -0.2) is 0 Å². The van der Waals surface area contributed by atoms with Crippen molar-refractivity contribution in [2.75, 3.05) is 32.6 Å². The number of hydrogen-bond acceptors (Lipinski definition) is 6. The largest absolute Gasteiger partial charge is 0.497 e. The van der Waals surface area contributed by atoms with Gasteiger partial charge in [-0.15, -0.1) is 10.2 Å². The van der Waals surface area contributed by atoms with Gasteiger partial charge in [-0.2, -0.15) is 0 Å². The van der Waals surface area contributed by atoms with Gasteiger partial charge in [-0.3, -0.25) is 4.79 Å². The van der Waals surface area contributed by atoms with E-state index in [1.54, 1.807) is 32.4 Å². The first-order valence-electron chi connectivity index (χ1n) is 8.33. The lowest BCUT2D eigenvalue weighted by molar-refractivity contribution is 0.0717. The summed E-state index contributed by atoms with van der Waals surface area (Å²) in [5, 5.41) is 11.3. The Hall–Kier alpha value is -2.83. The van der Waals surface area contributed by atoms with Crippen molar-refractivity contribution >= 4 is 17.4 Å². The van der Waals surface area contributed by atoms with Gasteiger partial charge in [-0.1, -0.05) is 0 Å². The molecular weight excluding hydrogens is 320 g/mol. The predicted octanol–water partition coefficient (Wildman–Crippen LogP) is 2.86. The third-order valence-corrected chi connectivity index (χ3v) is 4.20. The van der Waals surface area contributed by atoms with Crippen molar-refractivity contribution in [1.29, 1.82) is 0 Å². The summed E-state index contributed by atoms with van der Waals surface area (Å²) in [6.07, 6.45) is 3.29. The van der Waals surface area contributed by atoms with E-state index in [1.807, 2.05) is 17.0 Å². The summed E-state index contributed by atoms with van der Waals surface area (Å²) in [7, 11) is 3.19. The molecule has 0 bridgehead atoms. The molecule has 1 fully saturated rings. The number of carbonyl (C=O) groups excluding carboxylic acids is 1. The van der Waals surface area contributed by atoms with Crippen molar-refractivity contribution in [3.05, 3.63) is 36.0 Å². The van der Waals surface area contributed by atoms with Crippen molar-refractivity contribution in [2.45, 2.75) is 19.3 Å². The highest BCUT2D eigenvalue weighted by Crippen LogP contribution is 2.30. The van der Waals surface area contributed by atoms with Crippen LogP contribution in [0.5, 0.6) is 11.5 Å². The minimum absolute atomic E-state index is 0.0548. The number of rotatable bonds is 5. The van der Waals surface area contributed by atoms with E-state index < -0.39 is 0 Å². The SMILES string of the molecule is COc1ccc(Nc2ccc(C(=O)N3CCCCC3)nn2)c(OC)c1. The molecular formula is C18H22N4O3. The quantitative estimate of drug-likeness (QED) is 0.900. The minimum atomic E-state index is -0.0548. The molecule has 0 atom stereocenters. The van der Waals surface area contributed by atoms with Crippen molar-refractivity contribution in [3.63, 3.8) is 0 Å². The zero-order valence-electron chi connectivity index (χ0n) is 14.5. The van der Waals surface area contributed by atoms with Crippen LogP contribution >= 0.6 is 0 Å². The fourth-order valence-corrected chi connectivity index (χ4v) is 2.81. The van der Waals surface area contributed by atoms with Crippen molar-refractivity contribution in [1.82, 2.24) is 15.1 Å². The topological polar surface area (TPSA) is 76.6 Å². The highest BCUT2D eigenvalue weighted by molar-refractivity contribution is 5.92. The number of hydrogen-bond donors (Lipinski definition) is 1. The maximum Gasteiger partial charge on any atom is 0.274 e. The van der Waals surface area contributed by atoms with E-state index in [1.165, 1.54) is 6.42 Å². The Labute approximate surface area is 147 Å². The summed E-state index contributed by atoms with van der Waals surface area (Å²) < 4.78 is 10.5. The number of ether oxygens (including phenoxy) is 2. The molecule has 0 unspecified atom stereocenters. The molecule has 3 rings (SSSR count). The summed E-state index contributed by atoms with van der Waals surface area (Å²) in [4.78, 5) is 14.2. The molecule has 132 valence electrons. The first-order valence-corrected chi connectivity index (χ1v) is 8.33. The number of nitrogens with zero attached hydrogens (tertiary/aromatic N) is 3. The molecule has 0 aliphatic carbocycles. The molecule has 1 aromatic heterocycles. The van der Waals surface area contributed by atoms with Crippen molar-refractivity contribution < 1.29 is 14.3 Å². The zero-order valence-corrected chi connectivity index (χ0v) is 14.5. The summed E-state index contributed by atoms with van der Waals surface area (Å²) in [5.74, 6) is 1.82. The number of amides is 1. The Morgan fingerprint density at radius 2 is 1.84 bits per heavy atom. The predicted molar refractivity (Wildman–Crippen MR) is 94.6 cm³/mol. The average molecular weight is 342 g/mol. The molecule has 1 saturated heterocycles. The maximum atomic E-state index is 12.4. The molecule has 1 aromatic carbocycles. The number of benzene rings is 1. The number of piperidine rings is 1. The van der Waals surface area contributed by atoms with Gasteiger partial charge >= 0.3 is 0 Å². The number of nitrogens with one attached hydrogen (secondary N) is 1. The van der Waals surface area contributed by atoms with Gasteiger partial charge in [0.25, 0.3) is 5.91 Å². The summed E-state index contributed by atoms with van der Waals surface area (Å²) in [6.45, 7) is 1.59. The van der Waals surface area contributed by atoms with E-state index >= 15 is 0 Å². The van der Waals surface area contributed by atoms with E-state index in [2.05, 4.69) is 15.5 Å². The lowest BCUT2D eigenvalue weighted by Gasteiger charge is -2.26. The Bertz CT molecular complexity index is 728. The zero-order chi connectivity index (χ0) is 17.6. The smallest absolute Gasteiger partial charge is 0.274 e. The molecule has 1 amide bonds. The monoisotopic (exact) mass is 342 g/mol. The molecule has 2 heterocycles. The Balaban J connectivity index is 1.71. The van der Waals surface area contributed by atoms with E-state index in [4.69, 9.17) is 9.47 Å². The highest BCUT2D eigenvalue weighted by atomic mass is 16.5. The second kappa shape index (κ2) is 7.83. The second-order valence-corrected chi connectivity index (χ2v) is 5.85. The summed E-state index contributed by atoms with van der Waals surface area (Å²) >= 11 is 0. The molecule has 1 aliphatic rings. The van der Waals surface area contributed by atoms with Crippen LogP contribution in [-0.4, -0.2) is 48.3 Å². The number of aromatic nitrogens is 2. The van der Waals surface area contributed by atoms with E-state index in [0.717, 1.165) is 31.6 Å². The number of carbonyl (C=O) groups is 1. The Morgan fingerprint density at radius 3 is 2.48 bits per heavy atom. The van der Waals surface area contributed by atoms with Crippen LogP contribution in [0.2, 0.25) is 0 Å². The van der Waals surface area contributed by atoms with Crippen LogP contribution in [-0.2, 0) is 0 Å². The van der Waals surface area contributed by atoms with Crippen LogP contribution < -0.4 is 14.8 Å². The van der Waals surface area contributed by atoms with Crippen LogP contribution in [0.4, 0.5) is 11.5 Å². The second-order valence-electron chi connectivity index (χ2n) is 5.85. The first-order chi connectivity index (χ1) is 12.2. The van der Waals surface area contributed by atoms with Crippen molar-refractivity contribution in [3.8, 4) is 11.5 Å². The average Bonchev–Trinajstić information content (AvgIpc) is 2.69. The number of likely N-dealkylation sites (tertiary alicyclic amines) is 1. The fourth-order valence-electron chi connectivity index (χ4n) is 2.81. The molecule has 7 heteroatoms. The van der Waals surface area contributed by atoms with Crippen LogP contribution in [0, 0.1) is 0 Å². The molecule has 7 nitrogen and oxygen atoms in total. The molecule has 0 radical (unpaired) electrons. The minimum Gasteiger partial charge on any atom is -0.497 e. The molecule has 2 aromatic rings. The first kappa shape index (κ1) is 17.0. The standard InChI is InChI=1S/C18H22N4O3/c1-24-13-6-7-14(16(12-13)25-2)19-17-9-8-15(20-21-17)18(23)22-10-4-3-5-11-22/h6-9,12H,3-5,10-11H2,1-2H3,(H,19,21). The number of methoxy groups -OCH3 is 2. The van der Waals surface area contributed by atoms with Gasteiger partial charge in [0, 0.05) is 19.2 Å². The lowest BCUT2D eigenvalue weighted by Crippen LogP contribution is -2.36. The van der Waals surface area contributed by atoms with Crippen molar-refractivity contribution in [2.24, 2.45) is 0 Å². The maximum absolute atomic E-state index is 12.4. The van der Waals surface area contributed by atoms with Gasteiger partial charge < -0.3 is 19.7 Å². The van der Waals surface area contributed by atoms with Gasteiger partial charge in [0.2, 0.25) is 0 Å². The fraction of sp³-hybridized carbons (Fsp3) is 0.389. The Morgan fingerprint density at radius 1 is 1.04 bits per heavy atom. The van der Waals surface area contributed by atoms with Crippen LogP contribution in [0.1, 0.15) is 29.8 Å². The van der Waals surface area contributed by atoms with E-state index in [-0.39, 0.29) is 5.91 Å². The van der Waals surface area contributed by atoms with Gasteiger partial charge in [-0.05, 0) is 43.5 Å². The molecule has 0 spiro atoms. The van der Waals surface area contributed by atoms with Crippen LogP contribution in [0.15, 0.2) is 30.3 Å². The van der Waals surface area contributed by atoms with E-state index in [9.17, 15) is 4.79 Å². The summed E-state index contributed by atoms with van der Waals surface area (Å²) in [5.41, 5.74) is 1.11. The molecule has 25 heavy (non-hydrogen) atoms. The molecule has 0 saturated carbocycles. The van der Waals surface area contributed by atoms with Gasteiger partial charge in [0.15, 0.2) is 11.5 Å². The number of anilines is 2. The van der Waals surface area contributed by atoms with Gasteiger partial charge in [0.05, 0.1) is 19.9 Å². The van der Waals surface area contributed by atoms with E-state index in [0.29, 0.717) is 23.0 Å². The van der Waals surface area contributed by atoms with Crippen LogP contribution in [0.3, 0.4) is 0 Å². The third kappa shape index (κ3) is 3.99. The summed E-state index contributed by atoms with van der Waals surface area (Å²) in [6, 6.07) is 8.89. The Kier molecular flexibility index (Phi) is 5.33. The van der Waals surface area contributed by atoms with Gasteiger partial charge in [0.1, 0.15) is 11.5 Å². The lowest BCUT2D eigenvalue weighted by atomic mass is 10.1. The third-order valence-electron chi connectivity index (χ3n) is 4.20. The normalized spacial score (nSPS) is 14.1.